The summed E-state index contributed by atoms with van der Waals surface area (Å²) in [5, 5.41) is 16.4. The first-order chi connectivity index (χ1) is 17.0. The third-order valence-corrected chi connectivity index (χ3v) is 6.06. The second-order valence-corrected chi connectivity index (χ2v) is 8.97. The molecule has 0 bridgehead atoms. The van der Waals surface area contributed by atoms with E-state index in [0.717, 1.165) is 31.5 Å². The van der Waals surface area contributed by atoms with Gasteiger partial charge in [-0.05, 0) is 75.9 Å². The summed E-state index contributed by atoms with van der Waals surface area (Å²) in [6, 6.07) is 13.8. The average molecular weight is 476 g/mol. The fourth-order valence-corrected chi connectivity index (χ4v) is 4.22. The lowest BCUT2D eigenvalue weighted by Gasteiger charge is -2.30. The highest BCUT2D eigenvalue weighted by atomic mass is 16.5. The van der Waals surface area contributed by atoms with Crippen LogP contribution >= 0.6 is 0 Å². The lowest BCUT2D eigenvalue weighted by atomic mass is 10.0. The van der Waals surface area contributed by atoms with E-state index in [-0.39, 0.29) is 13.4 Å². The first-order valence-electron chi connectivity index (χ1n) is 12.1. The molecule has 8 nitrogen and oxygen atoms in total. The van der Waals surface area contributed by atoms with Crippen LogP contribution in [0, 0.1) is 11.3 Å². The smallest absolute Gasteiger partial charge is 0.258 e. The van der Waals surface area contributed by atoms with Gasteiger partial charge in [0.25, 0.3) is 5.89 Å². The van der Waals surface area contributed by atoms with Gasteiger partial charge in [-0.2, -0.15) is 10.2 Å². The number of hydrogen-bond donors (Lipinski definition) is 1. The maximum absolute atomic E-state index is 10.9. The SMILES string of the molecule is CC(C)Oc1ccc(-c2nc(-c3cccc4c3CCC4)no2)cc1C#N.CNCC(=O)N1CCC1.[HH]. The van der Waals surface area contributed by atoms with Crippen molar-refractivity contribution in [1.82, 2.24) is 20.4 Å². The molecule has 2 aromatic carbocycles. The molecule has 0 atom stereocenters. The van der Waals surface area contributed by atoms with Gasteiger partial charge in [0.2, 0.25) is 11.7 Å². The number of aryl methyl sites for hydroxylation is 1. The van der Waals surface area contributed by atoms with Gasteiger partial charge in [-0.15, -0.1) is 0 Å². The topological polar surface area (TPSA) is 104 Å². The Balaban J connectivity index is 0.000000307. The standard InChI is InChI=1S/C21H19N3O2.C6H12N2O.H2/c1-13(2)25-19-10-9-15(11-16(19)12-22)21-23-20(24-26-21)18-8-4-6-14-5-3-7-17(14)18;1-7-5-6(9)8-3-2-4-8;/h4,6,8-11,13H,3,5,7H2,1-2H3;7H,2-5H2,1H3;1H. The van der Waals surface area contributed by atoms with E-state index in [1.807, 2.05) is 36.9 Å². The van der Waals surface area contributed by atoms with E-state index in [2.05, 4.69) is 27.6 Å². The Labute approximate surface area is 207 Å². The summed E-state index contributed by atoms with van der Waals surface area (Å²) in [7, 11) is 1.79. The van der Waals surface area contributed by atoms with Crippen LogP contribution in [0.15, 0.2) is 40.9 Å². The van der Waals surface area contributed by atoms with Gasteiger partial charge in [-0.1, -0.05) is 23.4 Å². The van der Waals surface area contributed by atoms with Crippen LogP contribution in [-0.2, 0) is 17.6 Å². The van der Waals surface area contributed by atoms with Crippen molar-refractivity contribution in [3.63, 3.8) is 0 Å². The first kappa shape index (κ1) is 24.4. The number of aromatic nitrogens is 2. The zero-order valence-corrected chi connectivity index (χ0v) is 20.5. The molecule has 0 spiro atoms. The number of amides is 1. The largest absolute Gasteiger partial charge is 0.490 e. The maximum Gasteiger partial charge on any atom is 0.258 e. The van der Waals surface area contributed by atoms with Gasteiger partial charge in [0.1, 0.15) is 11.8 Å². The highest BCUT2D eigenvalue weighted by Crippen LogP contribution is 2.32. The van der Waals surface area contributed by atoms with Crippen molar-refractivity contribution < 1.29 is 15.5 Å². The average Bonchev–Trinajstić information content (AvgIpc) is 3.48. The molecule has 1 fully saturated rings. The Morgan fingerprint density at radius 3 is 2.77 bits per heavy atom. The van der Waals surface area contributed by atoms with Gasteiger partial charge in [-0.3, -0.25) is 4.79 Å². The number of likely N-dealkylation sites (N-methyl/N-ethyl adjacent to an activating group) is 1. The number of carbonyl (C=O) groups is 1. The fraction of sp³-hybridized carbons (Fsp3) is 0.407. The molecule has 0 unspecified atom stereocenters. The molecular formula is C27H33N5O3. The Kier molecular flexibility index (Phi) is 7.78. The van der Waals surface area contributed by atoms with Crippen molar-refractivity contribution in [2.24, 2.45) is 0 Å². The minimum absolute atomic E-state index is 0. The van der Waals surface area contributed by atoms with Crippen molar-refractivity contribution in [3.05, 3.63) is 53.1 Å². The predicted octanol–water partition coefficient (Wildman–Crippen LogP) is 4.24. The van der Waals surface area contributed by atoms with Gasteiger partial charge in [0.15, 0.2) is 0 Å². The zero-order valence-electron chi connectivity index (χ0n) is 20.5. The lowest BCUT2D eigenvalue weighted by Crippen LogP contribution is -2.45. The third kappa shape index (κ3) is 5.69. The molecular weight excluding hydrogens is 442 g/mol. The Hall–Kier alpha value is -3.70. The number of nitrogens with zero attached hydrogens (tertiary/aromatic N) is 4. The van der Waals surface area contributed by atoms with E-state index in [9.17, 15) is 10.1 Å². The molecule has 1 saturated heterocycles. The number of likely N-dealkylation sites (tertiary alicyclic amines) is 1. The van der Waals surface area contributed by atoms with E-state index in [4.69, 9.17) is 9.26 Å². The molecule has 2 heterocycles. The minimum Gasteiger partial charge on any atom is -0.490 e. The molecule has 0 saturated carbocycles. The second-order valence-electron chi connectivity index (χ2n) is 8.97. The molecule has 1 aliphatic carbocycles. The highest BCUT2D eigenvalue weighted by Gasteiger charge is 2.20. The Morgan fingerprint density at radius 1 is 1.26 bits per heavy atom. The van der Waals surface area contributed by atoms with Gasteiger partial charge in [0, 0.05) is 25.6 Å². The molecule has 1 N–H and O–H groups in total. The number of ether oxygens (including phenoxy) is 1. The highest BCUT2D eigenvalue weighted by molar-refractivity contribution is 5.78. The molecule has 2 aliphatic rings. The number of nitriles is 1. The van der Waals surface area contributed by atoms with Crippen LogP contribution in [0.2, 0.25) is 0 Å². The van der Waals surface area contributed by atoms with Crippen LogP contribution in [0.3, 0.4) is 0 Å². The molecule has 184 valence electrons. The summed E-state index contributed by atoms with van der Waals surface area (Å²) in [6.07, 6.45) is 4.50. The predicted molar refractivity (Wildman–Crippen MR) is 135 cm³/mol. The van der Waals surface area contributed by atoms with E-state index >= 15 is 0 Å². The third-order valence-electron chi connectivity index (χ3n) is 6.06. The van der Waals surface area contributed by atoms with Gasteiger partial charge >= 0.3 is 0 Å². The molecule has 0 radical (unpaired) electrons. The zero-order chi connectivity index (χ0) is 24.8. The molecule has 8 heteroatoms. The number of nitrogens with one attached hydrogen (secondary N) is 1. The van der Waals surface area contributed by atoms with Gasteiger partial charge in [0.05, 0.1) is 18.2 Å². The van der Waals surface area contributed by atoms with E-state index in [1.165, 1.54) is 24.0 Å². The van der Waals surface area contributed by atoms with Crippen molar-refractivity contribution >= 4 is 5.91 Å². The van der Waals surface area contributed by atoms with Crippen LogP contribution in [0.5, 0.6) is 5.75 Å². The number of carbonyl (C=O) groups excluding carboxylic acids is 1. The summed E-state index contributed by atoms with van der Waals surface area (Å²) in [4.78, 5) is 17.3. The van der Waals surface area contributed by atoms with E-state index in [0.29, 0.717) is 35.1 Å². The van der Waals surface area contributed by atoms with Crippen LogP contribution in [-0.4, -0.2) is 53.7 Å². The quantitative estimate of drug-likeness (QED) is 0.569. The van der Waals surface area contributed by atoms with Crippen molar-refractivity contribution in [1.29, 1.82) is 5.26 Å². The van der Waals surface area contributed by atoms with Crippen LogP contribution < -0.4 is 10.1 Å². The molecule has 5 rings (SSSR count). The van der Waals surface area contributed by atoms with Crippen LogP contribution in [0.25, 0.3) is 22.8 Å². The second kappa shape index (κ2) is 11.2. The number of benzene rings is 2. The van der Waals surface area contributed by atoms with Crippen molar-refractivity contribution in [3.8, 4) is 34.7 Å². The van der Waals surface area contributed by atoms with E-state index in [1.54, 1.807) is 19.2 Å². The minimum atomic E-state index is 0. The maximum atomic E-state index is 10.9. The summed E-state index contributed by atoms with van der Waals surface area (Å²) in [6.45, 7) is 6.26. The molecule has 3 aromatic rings. The number of fused-ring (bicyclic) bond motifs is 1. The van der Waals surface area contributed by atoms with Gasteiger partial charge < -0.3 is 19.5 Å². The fourth-order valence-electron chi connectivity index (χ4n) is 4.22. The molecule has 1 aromatic heterocycles. The van der Waals surface area contributed by atoms with Crippen molar-refractivity contribution in [2.75, 3.05) is 26.7 Å². The van der Waals surface area contributed by atoms with E-state index < -0.39 is 0 Å². The van der Waals surface area contributed by atoms with Crippen LogP contribution in [0.4, 0.5) is 0 Å². The summed E-state index contributed by atoms with van der Waals surface area (Å²) < 4.78 is 11.1. The van der Waals surface area contributed by atoms with Gasteiger partial charge in [-0.25, -0.2) is 0 Å². The lowest BCUT2D eigenvalue weighted by molar-refractivity contribution is -0.133. The first-order valence-corrected chi connectivity index (χ1v) is 12.1. The Bertz CT molecular complexity index is 1230. The van der Waals surface area contributed by atoms with Crippen molar-refractivity contribution in [2.45, 2.75) is 45.6 Å². The molecule has 1 aliphatic heterocycles. The summed E-state index contributed by atoms with van der Waals surface area (Å²) >= 11 is 0. The number of rotatable bonds is 6. The Morgan fingerprint density at radius 2 is 2.09 bits per heavy atom. The number of hydrogen-bond acceptors (Lipinski definition) is 7. The molecule has 35 heavy (non-hydrogen) atoms. The summed E-state index contributed by atoms with van der Waals surface area (Å²) in [5.41, 5.74) is 4.89. The normalized spacial score (nSPS) is 14.0. The van der Waals surface area contributed by atoms with Crippen LogP contribution in [0.1, 0.15) is 44.8 Å². The monoisotopic (exact) mass is 475 g/mol. The summed E-state index contributed by atoms with van der Waals surface area (Å²) in [5.74, 6) is 1.79. The molecule has 1 amide bonds.